The molecule has 0 aliphatic carbocycles. The highest BCUT2D eigenvalue weighted by Crippen LogP contribution is 2.26. The summed E-state index contributed by atoms with van der Waals surface area (Å²) in [6, 6.07) is 3.80. The topological polar surface area (TPSA) is 42.4 Å². The molecule has 2 rings (SSSR count). The fourth-order valence-corrected chi connectivity index (χ4v) is 1.96. The summed E-state index contributed by atoms with van der Waals surface area (Å²) in [6.07, 6.45) is 3.33. The molecule has 1 unspecified atom stereocenters. The van der Waals surface area contributed by atoms with Gasteiger partial charge >= 0.3 is 0 Å². The van der Waals surface area contributed by atoms with Crippen LogP contribution >= 0.6 is 0 Å². The Morgan fingerprint density at radius 3 is 2.56 bits per heavy atom. The average molecular weight is 219 g/mol. The molecule has 0 amide bonds. The van der Waals surface area contributed by atoms with Crippen LogP contribution in [0.25, 0.3) is 0 Å². The molecule has 3 nitrogen and oxygen atoms in total. The second-order valence-corrected chi connectivity index (χ2v) is 4.18. The summed E-state index contributed by atoms with van der Waals surface area (Å²) < 4.78 is 5.46. The molecule has 0 aromatic carbocycles. The zero-order chi connectivity index (χ0) is 11.5. The fourth-order valence-electron chi connectivity index (χ4n) is 1.96. The van der Waals surface area contributed by atoms with Gasteiger partial charge in [-0.1, -0.05) is 0 Å². The molecule has 3 heteroatoms. The van der Waals surface area contributed by atoms with E-state index in [-0.39, 0.29) is 0 Å². The fraction of sp³-hybridized carbons (Fsp3) is 0.462. The van der Waals surface area contributed by atoms with Gasteiger partial charge in [0.2, 0.25) is 0 Å². The highest BCUT2D eigenvalue weighted by atomic mass is 16.5. The molecule has 16 heavy (non-hydrogen) atoms. The Labute approximate surface area is 95.8 Å². The van der Waals surface area contributed by atoms with E-state index in [1.54, 1.807) is 0 Å². The number of ether oxygens (including phenoxy) is 1. The maximum Gasteiger partial charge on any atom is 0.136 e. The molecule has 0 saturated carbocycles. The Kier molecular flexibility index (Phi) is 3.25. The van der Waals surface area contributed by atoms with E-state index in [0.29, 0.717) is 12.4 Å². The van der Waals surface area contributed by atoms with Crippen molar-refractivity contribution in [1.29, 1.82) is 0 Å². The molecule has 86 valence electrons. The number of aryl methyl sites for hydroxylation is 2. The van der Waals surface area contributed by atoms with Gasteiger partial charge in [0.05, 0.1) is 6.61 Å². The Balaban J connectivity index is 2.25. The van der Waals surface area contributed by atoms with Gasteiger partial charge in [-0.15, -0.1) is 0 Å². The largest absolute Gasteiger partial charge is 0.495 e. The van der Waals surface area contributed by atoms with Crippen LogP contribution in [-0.2, 0) is 4.74 Å². The minimum atomic E-state index is -0.652. The molecule has 1 aromatic rings. The first kappa shape index (κ1) is 11.1. The van der Waals surface area contributed by atoms with Gasteiger partial charge in [0.15, 0.2) is 0 Å². The molecule has 1 atom stereocenters. The number of nitrogens with zero attached hydrogens (tertiary/aromatic N) is 1. The maximum atomic E-state index is 10.2. The van der Waals surface area contributed by atoms with Crippen molar-refractivity contribution >= 4 is 0 Å². The summed E-state index contributed by atoms with van der Waals surface area (Å²) in [7, 11) is 0. The molecule has 0 fully saturated rings. The van der Waals surface area contributed by atoms with Crippen LogP contribution in [0.3, 0.4) is 0 Å². The van der Waals surface area contributed by atoms with Crippen LogP contribution in [0.5, 0.6) is 0 Å². The Hall–Kier alpha value is -1.35. The van der Waals surface area contributed by atoms with Gasteiger partial charge in [-0.3, -0.25) is 4.98 Å². The number of hydrogen-bond acceptors (Lipinski definition) is 3. The second-order valence-electron chi connectivity index (χ2n) is 4.18. The van der Waals surface area contributed by atoms with Crippen molar-refractivity contribution in [1.82, 2.24) is 4.98 Å². The van der Waals surface area contributed by atoms with Crippen LogP contribution in [0.1, 0.15) is 35.9 Å². The lowest BCUT2D eigenvalue weighted by molar-refractivity contribution is 0.0917. The first-order valence-electron chi connectivity index (χ1n) is 5.63. The van der Waals surface area contributed by atoms with Gasteiger partial charge in [-0.25, -0.2) is 0 Å². The Bertz CT molecular complexity index is 392. The first-order chi connectivity index (χ1) is 7.66. The van der Waals surface area contributed by atoms with E-state index in [1.807, 2.05) is 32.1 Å². The predicted molar refractivity (Wildman–Crippen MR) is 61.9 cm³/mol. The minimum Gasteiger partial charge on any atom is -0.495 e. The summed E-state index contributed by atoms with van der Waals surface area (Å²) in [6.45, 7) is 4.56. The molecular formula is C13H17NO2. The normalized spacial score (nSPS) is 17.6. The predicted octanol–water partition coefficient (Wildman–Crippen LogP) is 2.43. The van der Waals surface area contributed by atoms with Gasteiger partial charge < -0.3 is 9.84 Å². The van der Waals surface area contributed by atoms with Crippen LogP contribution in [-0.4, -0.2) is 16.7 Å². The van der Waals surface area contributed by atoms with Crippen molar-refractivity contribution in [2.45, 2.75) is 32.8 Å². The monoisotopic (exact) mass is 219 g/mol. The van der Waals surface area contributed by atoms with E-state index < -0.39 is 6.10 Å². The van der Waals surface area contributed by atoms with Gasteiger partial charge in [0.1, 0.15) is 11.9 Å². The van der Waals surface area contributed by atoms with Crippen molar-refractivity contribution in [3.63, 3.8) is 0 Å². The van der Waals surface area contributed by atoms with Crippen molar-refractivity contribution in [3.8, 4) is 0 Å². The number of aliphatic hydroxyl groups excluding tert-OH is 1. The standard InChI is InChI=1S/C13H17NO2/c1-9-7-11(8-10(2)14-9)13(15)12-5-3-4-6-16-12/h5,7-8,13,15H,3-4,6H2,1-2H3. The zero-order valence-electron chi connectivity index (χ0n) is 9.73. The van der Waals surface area contributed by atoms with E-state index in [1.165, 1.54) is 0 Å². The number of hydrogen-bond donors (Lipinski definition) is 1. The molecule has 1 aromatic heterocycles. The molecule has 0 spiro atoms. The Morgan fingerprint density at radius 1 is 1.31 bits per heavy atom. The van der Waals surface area contributed by atoms with Crippen molar-refractivity contribution in [2.24, 2.45) is 0 Å². The van der Waals surface area contributed by atoms with Crippen LogP contribution in [0.4, 0.5) is 0 Å². The molecular weight excluding hydrogens is 202 g/mol. The van der Waals surface area contributed by atoms with Crippen LogP contribution < -0.4 is 0 Å². The lowest BCUT2D eigenvalue weighted by Gasteiger charge is -2.20. The molecule has 1 N–H and O–H groups in total. The number of allylic oxidation sites excluding steroid dienone is 1. The average Bonchev–Trinajstić information content (AvgIpc) is 2.28. The second kappa shape index (κ2) is 4.66. The van der Waals surface area contributed by atoms with E-state index in [0.717, 1.165) is 29.8 Å². The van der Waals surface area contributed by atoms with Crippen molar-refractivity contribution in [3.05, 3.63) is 40.9 Å². The molecule has 0 bridgehead atoms. The highest BCUT2D eigenvalue weighted by Gasteiger charge is 2.17. The van der Waals surface area contributed by atoms with E-state index in [4.69, 9.17) is 4.74 Å². The number of rotatable bonds is 2. The zero-order valence-corrected chi connectivity index (χ0v) is 9.73. The lowest BCUT2D eigenvalue weighted by atomic mass is 10.0. The lowest BCUT2D eigenvalue weighted by Crippen LogP contribution is -2.10. The quantitative estimate of drug-likeness (QED) is 0.830. The SMILES string of the molecule is Cc1cc(C(O)C2=CCCCO2)cc(C)n1. The molecule has 1 aliphatic rings. The van der Waals surface area contributed by atoms with Crippen molar-refractivity contribution < 1.29 is 9.84 Å². The van der Waals surface area contributed by atoms with Gasteiger partial charge in [-0.05, 0) is 50.5 Å². The summed E-state index contributed by atoms with van der Waals surface area (Å²) in [5.41, 5.74) is 2.70. The number of aliphatic hydroxyl groups is 1. The van der Waals surface area contributed by atoms with Gasteiger partial charge in [0, 0.05) is 11.4 Å². The Morgan fingerprint density at radius 2 is 2.00 bits per heavy atom. The number of aromatic nitrogens is 1. The van der Waals surface area contributed by atoms with Crippen LogP contribution in [0, 0.1) is 13.8 Å². The van der Waals surface area contributed by atoms with Crippen LogP contribution in [0.15, 0.2) is 24.0 Å². The van der Waals surface area contributed by atoms with Crippen molar-refractivity contribution in [2.75, 3.05) is 6.61 Å². The van der Waals surface area contributed by atoms with E-state index in [9.17, 15) is 5.11 Å². The maximum absolute atomic E-state index is 10.2. The highest BCUT2D eigenvalue weighted by molar-refractivity contribution is 5.27. The first-order valence-corrected chi connectivity index (χ1v) is 5.63. The third-order valence-electron chi connectivity index (χ3n) is 2.65. The van der Waals surface area contributed by atoms with E-state index in [2.05, 4.69) is 4.98 Å². The molecule has 0 saturated heterocycles. The summed E-state index contributed by atoms with van der Waals surface area (Å²) in [5.74, 6) is 0.677. The molecule has 2 heterocycles. The van der Waals surface area contributed by atoms with Gasteiger partial charge in [0.25, 0.3) is 0 Å². The number of pyridine rings is 1. The summed E-state index contributed by atoms with van der Waals surface area (Å²) in [4.78, 5) is 4.29. The summed E-state index contributed by atoms with van der Waals surface area (Å²) in [5, 5.41) is 10.2. The van der Waals surface area contributed by atoms with Crippen LogP contribution in [0.2, 0.25) is 0 Å². The molecule has 1 aliphatic heterocycles. The van der Waals surface area contributed by atoms with Gasteiger partial charge in [-0.2, -0.15) is 0 Å². The smallest absolute Gasteiger partial charge is 0.136 e. The summed E-state index contributed by atoms with van der Waals surface area (Å²) >= 11 is 0. The third kappa shape index (κ3) is 2.42. The minimum absolute atomic E-state index is 0.652. The molecule has 0 radical (unpaired) electrons. The third-order valence-corrected chi connectivity index (χ3v) is 2.65. The van der Waals surface area contributed by atoms with E-state index >= 15 is 0 Å².